The Hall–Kier alpha value is -2.25. The third-order valence-corrected chi connectivity index (χ3v) is 5.20. The molecule has 0 unspecified atom stereocenters. The number of aliphatic carboxylic acids is 2. The van der Waals surface area contributed by atoms with Gasteiger partial charge in [0.15, 0.2) is 0 Å². The van der Waals surface area contributed by atoms with Crippen LogP contribution in [0, 0.1) is 12.8 Å². The molecule has 1 aromatic carbocycles. The van der Waals surface area contributed by atoms with Crippen LogP contribution in [0.2, 0.25) is 0 Å². The summed E-state index contributed by atoms with van der Waals surface area (Å²) in [6.45, 7) is 5.95. The van der Waals surface area contributed by atoms with Crippen molar-refractivity contribution in [3.63, 3.8) is 0 Å². The summed E-state index contributed by atoms with van der Waals surface area (Å²) < 4.78 is 0. The van der Waals surface area contributed by atoms with Gasteiger partial charge in [-0.1, -0.05) is 43.7 Å². The van der Waals surface area contributed by atoms with Crippen molar-refractivity contribution in [1.82, 2.24) is 9.88 Å². The monoisotopic (exact) mass is 390 g/mol. The Morgan fingerprint density at radius 3 is 2.41 bits per heavy atom. The largest absolute Gasteiger partial charge is 0.480 e. The molecule has 2 N–H and O–H groups in total. The molecule has 0 saturated carbocycles. The van der Waals surface area contributed by atoms with Crippen molar-refractivity contribution in [3.8, 4) is 10.6 Å². The number of aryl methyl sites for hydroxylation is 1. The molecule has 1 aromatic heterocycles. The summed E-state index contributed by atoms with van der Waals surface area (Å²) in [7, 11) is 0. The highest BCUT2D eigenvalue weighted by Crippen LogP contribution is 2.24. The fourth-order valence-corrected chi connectivity index (χ4v) is 3.74. The number of rotatable bonds is 10. The smallest absolute Gasteiger partial charge is 0.320 e. The number of aromatic nitrogens is 1. The zero-order chi connectivity index (χ0) is 20.0. The molecule has 0 bridgehead atoms. The summed E-state index contributed by atoms with van der Waals surface area (Å²) in [5.74, 6) is -1.85. The highest BCUT2D eigenvalue weighted by Gasteiger charge is 2.28. The highest BCUT2D eigenvalue weighted by molar-refractivity contribution is 7.13. The number of carboxylic acids is 2. The number of benzene rings is 1. The Kier molecular flexibility index (Phi) is 7.50. The molecule has 0 aliphatic carbocycles. The van der Waals surface area contributed by atoms with Crippen molar-refractivity contribution in [2.75, 3.05) is 13.1 Å². The number of carboxylic acid groups (broad SMARTS) is 2. The van der Waals surface area contributed by atoms with E-state index in [9.17, 15) is 19.8 Å². The van der Waals surface area contributed by atoms with Gasteiger partial charge in [0.1, 0.15) is 11.0 Å². The molecule has 1 heterocycles. The van der Waals surface area contributed by atoms with Crippen LogP contribution < -0.4 is 0 Å². The average Bonchev–Trinajstić information content (AvgIpc) is 3.05. The van der Waals surface area contributed by atoms with Gasteiger partial charge in [-0.3, -0.25) is 14.5 Å². The van der Waals surface area contributed by atoms with Crippen molar-refractivity contribution in [3.05, 3.63) is 40.9 Å². The standard InChI is InChI=1S/C20H26N2O4S/c1-13(2)10-17(20(25)26)22(11-18(23)24)9-8-16-12-27-19(21-16)15-6-4-14(3)5-7-15/h4-7,12-13,17H,8-11H2,1-3H3,(H,23,24)(H,25,26)/t17-/m0/s1. The predicted octanol–water partition coefficient (Wildman–Crippen LogP) is 3.55. The summed E-state index contributed by atoms with van der Waals surface area (Å²) in [5.41, 5.74) is 3.08. The van der Waals surface area contributed by atoms with Gasteiger partial charge in [0.25, 0.3) is 0 Å². The van der Waals surface area contributed by atoms with E-state index >= 15 is 0 Å². The molecule has 0 amide bonds. The van der Waals surface area contributed by atoms with E-state index in [0.29, 0.717) is 19.4 Å². The molecule has 6 nitrogen and oxygen atoms in total. The molecule has 2 rings (SSSR count). The van der Waals surface area contributed by atoms with Gasteiger partial charge in [0, 0.05) is 23.9 Å². The third-order valence-electron chi connectivity index (χ3n) is 4.26. The van der Waals surface area contributed by atoms with Gasteiger partial charge in [0.05, 0.1) is 12.2 Å². The van der Waals surface area contributed by atoms with E-state index in [4.69, 9.17) is 0 Å². The SMILES string of the molecule is Cc1ccc(-c2nc(CCN(CC(=O)O)[C@@H](CC(C)C)C(=O)O)cs2)cc1. The van der Waals surface area contributed by atoms with Crippen LogP contribution in [0.3, 0.4) is 0 Å². The van der Waals surface area contributed by atoms with Crippen LogP contribution in [0.1, 0.15) is 31.5 Å². The number of carbonyl (C=O) groups is 2. The maximum Gasteiger partial charge on any atom is 0.320 e. The number of thiazole rings is 1. The molecule has 0 spiro atoms. The zero-order valence-electron chi connectivity index (χ0n) is 15.9. The minimum Gasteiger partial charge on any atom is -0.480 e. The molecule has 0 aliphatic heterocycles. The van der Waals surface area contributed by atoms with Crippen LogP contribution in [-0.4, -0.2) is 51.2 Å². The second-order valence-electron chi connectivity index (χ2n) is 7.11. The highest BCUT2D eigenvalue weighted by atomic mass is 32.1. The van der Waals surface area contributed by atoms with Gasteiger partial charge in [-0.25, -0.2) is 4.98 Å². The van der Waals surface area contributed by atoms with Gasteiger partial charge in [0.2, 0.25) is 0 Å². The van der Waals surface area contributed by atoms with Crippen LogP contribution in [0.4, 0.5) is 0 Å². The Labute approximate surface area is 163 Å². The van der Waals surface area contributed by atoms with Crippen LogP contribution in [0.15, 0.2) is 29.6 Å². The minimum absolute atomic E-state index is 0.162. The molecule has 0 fully saturated rings. The molecular weight excluding hydrogens is 364 g/mol. The topological polar surface area (TPSA) is 90.7 Å². The van der Waals surface area contributed by atoms with E-state index in [1.165, 1.54) is 21.8 Å². The minimum atomic E-state index is -1.02. The molecule has 1 atom stereocenters. The van der Waals surface area contributed by atoms with Crippen LogP contribution in [0.5, 0.6) is 0 Å². The van der Waals surface area contributed by atoms with Crippen LogP contribution >= 0.6 is 11.3 Å². The Morgan fingerprint density at radius 2 is 1.85 bits per heavy atom. The van der Waals surface area contributed by atoms with E-state index in [2.05, 4.69) is 4.98 Å². The average molecular weight is 391 g/mol. The second-order valence-corrected chi connectivity index (χ2v) is 7.97. The first-order valence-electron chi connectivity index (χ1n) is 8.96. The summed E-state index contributed by atoms with van der Waals surface area (Å²) in [6.07, 6.45) is 0.922. The second kappa shape index (κ2) is 9.62. The van der Waals surface area contributed by atoms with Crippen molar-refractivity contribution in [2.45, 2.75) is 39.7 Å². The molecule has 2 aromatic rings. The molecular formula is C20H26N2O4S. The van der Waals surface area contributed by atoms with Gasteiger partial charge in [-0.2, -0.15) is 0 Å². The van der Waals surface area contributed by atoms with Crippen molar-refractivity contribution in [1.29, 1.82) is 0 Å². The maximum absolute atomic E-state index is 11.6. The first-order valence-corrected chi connectivity index (χ1v) is 9.84. The Bertz CT molecular complexity index is 771. The van der Waals surface area contributed by atoms with E-state index in [1.807, 2.05) is 50.4 Å². The van der Waals surface area contributed by atoms with Gasteiger partial charge in [-0.15, -0.1) is 11.3 Å². The number of nitrogens with zero attached hydrogens (tertiary/aromatic N) is 2. The normalized spacial score (nSPS) is 12.5. The molecule has 27 heavy (non-hydrogen) atoms. The van der Waals surface area contributed by atoms with Gasteiger partial charge >= 0.3 is 11.9 Å². The zero-order valence-corrected chi connectivity index (χ0v) is 16.7. The maximum atomic E-state index is 11.6. The summed E-state index contributed by atoms with van der Waals surface area (Å²) in [4.78, 5) is 29.0. The van der Waals surface area contributed by atoms with E-state index in [-0.39, 0.29) is 12.5 Å². The first kappa shape index (κ1) is 21.1. The van der Waals surface area contributed by atoms with E-state index in [0.717, 1.165) is 16.3 Å². The number of hydrogen-bond acceptors (Lipinski definition) is 5. The lowest BCUT2D eigenvalue weighted by Crippen LogP contribution is -2.45. The predicted molar refractivity (Wildman–Crippen MR) is 106 cm³/mol. The van der Waals surface area contributed by atoms with Gasteiger partial charge < -0.3 is 10.2 Å². The van der Waals surface area contributed by atoms with Gasteiger partial charge in [-0.05, 0) is 19.3 Å². The van der Waals surface area contributed by atoms with Crippen molar-refractivity contribution in [2.24, 2.45) is 5.92 Å². The third kappa shape index (κ3) is 6.45. The summed E-state index contributed by atoms with van der Waals surface area (Å²) >= 11 is 1.54. The number of hydrogen-bond donors (Lipinski definition) is 2. The Morgan fingerprint density at radius 1 is 1.19 bits per heavy atom. The van der Waals surface area contributed by atoms with Crippen LogP contribution in [0.25, 0.3) is 10.6 Å². The van der Waals surface area contributed by atoms with Crippen LogP contribution in [-0.2, 0) is 16.0 Å². The first-order chi connectivity index (χ1) is 12.8. The fourth-order valence-electron chi connectivity index (χ4n) is 2.88. The fraction of sp³-hybridized carbons (Fsp3) is 0.450. The summed E-state index contributed by atoms with van der Waals surface area (Å²) in [6, 6.07) is 7.31. The Balaban J connectivity index is 2.09. The van der Waals surface area contributed by atoms with E-state index in [1.54, 1.807) is 0 Å². The van der Waals surface area contributed by atoms with Crippen molar-refractivity contribution >= 4 is 23.3 Å². The van der Waals surface area contributed by atoms with Crippen molar-refractivity contribution < 1.29 is 19.8 Å². The molecule has 0 aliphatic rings. The molecule has 0 saturated heterocycles. The lowest BCUT2D eigenvalue weighted by Gasteiger charge is -2.28. The molecule has 0 radical (unpaired) electrons. The molecule has 146 valence electrons. The lowest BCUT2D eigenvalue weighted by atomic mass is 10.0. The van der Waals surface area contributed by atoms with E-state index < -0.39 is 18.0 Å². The molecule has 7 heteroatoms. The quantitative estimate of drug-likeness (QED) is 0.645. The lowest BCUT2D eigenvalue weighted by molar-refractivity contribution is -0.146. The summed E-state index contributed by atoms with van der Waals surface area (Å²) in [5, 5.41) is 21.6.